The normalized spacial score (nSPS) is 28.9. The van der Waals surface area contributed by atoms with Crippen molar-refractivity contribution >= 4 is 59.4 Å². The van der Waals surface area contributed by atoms with Crippen molar-refractivity contribution in [1.29, 1.82) is 0 Å². The zero-order chi connectivity index (χ0) is 25.9. The van der Waals surface area contributed by atoms with Crippen LogP contribution in [0.2, 0.25) is 18.1 Å². The first kappa shape index (κ1) is 26.3. The van der Waals surface area contributed by atoms with Gasteiger partial charge in [0.05, 0.1) is 6.61 Å². The number of anilines is 1. The van der Waals surface area contributed by atoms with E-state index in [4.69, 9.17) is 23.9 Å². The summed E-state index contributed by atoms with van der Waals surface area (Å²) < 4.78 is 41.4. The zero-order valence-electron chi connectivity index (χ0n) is 20.6. The molecule has 1 aromatic carbocycles. The largest absolute Gasteiger partial charge is 0.407 e. The molecule has 2 aromatic heterocycles. The van der Waals surface area contributed by atoms with Gasteiger partial charge in [0, 0.05) is 4.90 Å². The molecule has 36 heavy (non-hydrogen) atoms. The number of hydrogen-bond donors (Lipinski definition) is 1. The number of rotatable bonds is 5. The fraction of sp³-hybridized carbons (Fsp3) is 0.500. The number of ether oxygens (including phenoxy) is 1. The van der Waals surface area contributed by atoms with E-state index in [-0.39, 0.29) is 17.5 Å². The lowest BCUT2D eigenvalue weighted by molar-refractivity contribution is -0.0565. The van der Waals surface area contributed by atoms with Gasteiger partial charge < -0.3 is 14.9 Å². The number of aromatic nitrogens is 4. The van der Waals surface area contributed by atoms with Crippen LogP contribution >= 0.6 is 34.1 Å². The Kier molecular flexibility index (Phi) is 6.91. The minimum atomic E-state index is -3.53. The summed E-state index contributed by atoms with van der Waals surface area (Å²) in [7, 11) is -2.32. The monoisotopic (exact) mass is 613 g/mol. The smallest absolute Gasteiger partial charge is 0.394 e. The summed E-state index contributed by atoms with van der Waals surface area (Å²) in [6.45, 7) is 7.40. The van der Waals surface area contributed by atoms with Gasteiger partial charge in [0.1, 0.15) is 24.6 Å². The zero-order valence-corrected chi connectivity index (χ0v) is 24.9. The Bertz CT molecular complexity index is 1320. The van der Waals surface area contributed by atoms with Gasteiger partial charge in [-0.1, -0.05) is 39.0 Å². The molecule has 2 saturated heterocycles. The summed E-state index contributed by atoms with van der Waals surface area (Å²) in [6.07, 6.45) is -0.984. The van der Waals surface area contributed by atoms with Crippen molar-refractivity contribution in [3.63, 3.8) is 0 Å². The predicted molar refractivity (Wildman–Crippen MR) is 144 cm³/mol. The number of nitrogen functional groups attached to an aromatic ring is 1. The molecule has 0 amide bonds. The first-order chi connectivity index (χ1) is 16.9. The minimum Gasteiger partial charge on any atom is -0.407 e. The molecule has 0 spiro atoms. The average Bonchev–Trinajstić information content (AvgIpc) is 3.30. The molecule has 5 rings (SSSR count). The molecular formula is C22H29BrN5O5PSSi. The average molecular weight is 615 g/mol. The second kappa shape index (κ2) is 9.46. The minimum absolute atomic E-state index is 0.0792. The van der Waals surface area contributed by atoms with Crippen molar-refractivity contribution in [2.45, 2.75) is 68.3 Å². The van der Waals surface area contributed by atoms with Crippen LogP contribution in [0.4, 0.5) is 5.82 Å². The molecule has 4 heterocycles. The number of halogens is 1. The summed E-state index contributed by atoms with van der Waals surface area (Å²) in [6, 6.07) is 9.42. The van der Waals surface area contributed by atoms with E-state index in [0.29, 0.717) is 15.9 Å². The van der Waals surface area contributed by atoms with E-state index in [1.165, 1.54) is 6.33 Å². The third kappa shape index (κ3) is 4.80. The molecule has 0 aliphatic carbocycles. The van der Waals surface area contributed by atoms with E-state index >= 15 is 0 Å². The molecule has 0 saturated carbocycles. The number of nitrogens with zero attached hydrogens (tertiary/aromatic N) is 4. The molecular weight excluding hydrogens is 585 g/mol. The van der Waals surface area contributed by atoms with Crippen LogP contribution < -0.4 is 5.73 Å². The second-order valence-corrected chi connectivity index (χ2v) is 19.7. The van der Waals surface area contributed by atoms with Crippen molar-refractivity contribution in [1.82, 2.24) is 19.5 Å². The highest BCUT2D eigenvalue weighted by atomic mass is 79.9. The van der Waals surface area contributed by atoms with Crippen LogP contribution in [0.25, 0.3) is 11.2 Å². The summed E-state index contributed by atoms with van der Waals surface area (Å²) in [5.74, 6) is 0.264. The summed E-state index contributed by atoms with van der Waals surface area (Å²) >= 11 is 4.63. The maximum atomic E-state index is 13.7. The van der Waals surface area contributed by atoms with Crippen LogP contribution in [-0.2, 0) is 22.8 Å². The van der Waals surface area contributed by atoms with Gasteiger partial charge in [-0.25, -0.2) is 19.5 Å². The van der Waals surface area contributed by atoms with E-state index in [2.05, 4.69) is 64.7 Å². The van der Waals surface area contributed by atoms with Gasteiger partial charge in [0.15, 0.2) is 36.3 Å². The lowest BCUT2D eigenvalue weighted by Crippen LogP contribution is -2.50. The predicted octanol–water partition coefficient (Wildman–Crippen LogP) is 5.77. The third-order valence-corrected chi connectivity index (χ3v) is 15.4. The summed E-state index contributed by atoms with van der Waals surface area (Å²) in [5, 5.41) is -0.0792. The van der Waals surface area contributed by atoms with Crippen molar-refractivity contribution < 1.29 is 22.8 Å². The van der Waals surface area contributed by atoms with Gasteiger partial charge in [-0.15, -0.1) is 0 Å². The third-order valence-electron chi connectivity index (χ3n) is 6.85. The molecule has 2 N–H and O–H groups in total. The number of benzene rings is 1. The maximum Gasteiger partial charge on any atom is 0.394 e. The molecule has 0 radical (unpaired) electrons. The highest BCUT2D eigenvalue weighted by molar-refractivity contribution is 9.10. The van der Waals surface area contributed by atoms with Crippen molar-refractivity contribution in [3.8, 4) is 0 Å². The van der Waals surface area contributed by atoms with Crippen LogP contribution in [-0.4, -0.2) is 52.8 Å². The fourth-order valence-electron chi connectivity index (χ4n) is 3.95. The number of hydrogen-bond acceptors (Lipinski definition) is 10. The molecule has 194 valence electrons. The lowest BCUT2D eigenvalue weighted by Gasteiger charge is -2.41. The standard InChI is InChI=1S/C22H29BrN5O5PSSi/c1-22(2,3)36(4,5)33-17-16-14(11-30-34(29,32-16)35-13-9-7-6-8-10-13)31-20(17)28-19-15(27-21(28)23)18(24)25-12-26-19/h6-10,12,14,16-17,20H,11H2,1-5H3,(H2,24,25,26)/t14?,16?,17-,20?,34?/m0/s1. The molecule has 10 nitrogen and oxygen atoms in total. The molecule has 2 aliphatic heterocycles. The number of nitrogens with two attached hydrogens (primary N) is 1. The lowest BCUT2D eigenvalue weighted by atomic mass is 10.1. The topological polar surface area (TPSA) is 124 Å². The van der Waals surface area contributed by atoms with Gasteiger partial charge in [-0.2, -0.15) is 0 Å². The molecule has 2 aliphatic rings. The van der Waals surface area contributed by atoms with Crippen LogP contribution in [0.15, 0.2) is 46.3 Å². The second-order valence-electron chi connectivity index (χ2n) is 10.3. The first-order valence-corrected chi connectivity index (χ1v) is 18.2. The van der Waals surface area contributed by atoms with Crippen LogP contribution in [0.3, 0.4) is 0 Å². The van der Waals surface area contributed by atoms with Crippen molar-refractivity contribution in [2.24, 2.45) is 0 Å². The Balaban J connectivity index is 1.54. The molecule has 4 unspecified atom stereocenters. The molecule has 3 aromatic rings. The Morgan fingerprint density at radius 1 is 1.25 bits per heavy atom. The summed E-state index contributed by atoms with van der Waals surface area (Å²) in [4.78, 5) is 13.8. The van der Waals surface area contributed by atoms with Gasteiger partial charge in [-0.3, -0.25) is 13.6 Å². The fourth-order valence-corrected chi connectivity index (χ4v) is 9.26. The highest BCUT2D eigenvalue weighted by Crippen LogP contribution is 2.68. The van der Waals surface area contributed by atoms with Crippen LogP contribution in [0.1, 0.15) is 27.0 Å². The van der Waals surface area contributed by atoms with Gasteiger partial charge in [-0.05, 0) is 57.6 Å². The van der Waals surface area contributed by atoms with E-state index in [0.717, 1.165) is 16.3 Å². The van der Waals surface area contributed by atoms with Crippen LogP contribution in [0, 0.1) is 0 Å². The van der Waals surface area contributed by atoms with E-state index in [9.17, 15) is 4.57 Å². The summed E-state index contributed by atoms with van der Waals surface area (Å²) in [5.41, 5.74) is 7.02. The Labute approximate surface area is 223 Å². The van der Waals surface area contributed by atoms with E-state index in [1.807, 2.05) is 30.3 Å². The first-order valence-electron chi connectivity index (χ1n) is 11.5. The van der Waals surface area contributed by atoms with Crippen molar-refractivity contribution in [3.05, 3.63) is 41.4 Å². The highest BCUT2D eigenvalue weighted by Gasteiger charge is 2.57. The SMILES string of the molecule is CC(C)(C)[Si](C)(C)O[C@H]1C2OP(=O)(Sc3ccccc3)OCC2OC1n1c(Br)nc2c(N)ncnc21. The number of imidazole rings is 1. The maximum absolute atomic E-state index is 13.7. The molecule has 5 atom stereocenters. The Hall–Kier alpha value is -1.31. The van der Waals surface area contributed by atoms with E-state index in [1.54, 1.807) is 4.57 Å². The van der Waals surface area contributed by atoms with Gasteiger partial charge >= 0.3 is 6.80 Å². The van der Waals surface area contributed by atoms with Gasteiger partial charge in [0.2, 0.25) is 0 Å². The molecule has 0 bridgehead atoms. The van der Waals surface area contributed by atoms with E-state index < -0.39 is 39.7 Å². The Morgan fingerprint density at radius 3 is 2.67 bits per heavy atom. The number of fused-ring (bicyclic) bond motifs is 2. The quantitative estimate of drug-likeness (QED) is 0.215. The molecule has 14 heteroatoms. The van der Waals surface area contributed by atoms with Gasteiger partial charge in [0.25, 0.3) is 0 Å². The Morgan fingerprint density at radius 2 is 1.97 bits per heavy atom. The van der Waals surface area contributed by atoms with Crippen molar-refractivity contribution in [2.75, 3.05) is 12.3 Å². The van der Waals surface area contributed by atoms with Crippen LogP contribution in [0.5, 0.6) is 0 Å². The molecule has 2 fully saturated rings.